The molecular weight excluding hydrogens is 264 g/mol. The molecule has 0 aromatic heterocycles. The summed E-state index contributed by atoms with van der Waals surface area (Å²) in [5.74, 6) is 0.570. The van der Waals surface area contributed by atoms with Gasteiger partial charge in [0.2, 0.25) is 0 Å². The molecule has 106 valence electrons. The van der Waals surface area contributed by atoms with Crippen LogP contribution in [-0.2, 0) is 0 Å². The van der Waals surface area contributed by atoms with Crippen LogP contribution in [0.4, 0.5) is 0 Å². The molecule has 0 unspecified atom stereocenters. The number of carbonyl (C=O) groups is 1. The third kappa shape index (κ3) is 4.36. The van der Waals surface area contributed by atoms with Crippen LogP contribution in [0, 0.1) is 18.3 Å². The second-order valence-electron chi connectivity index (χ2n) is 4.61. The Hall–Kier alpha value is -2.80. The van der Waals surface area contributed by atoms with Crippen LogP contribution in [0.15, 0.2) is 48.5 Å². The minimum absolute atomic E-state index is 0.209. The summed E-state index contributed by atoms with van der Waals surface area (Å²) in [5.41, 5.74) is 2.12. The predicted molar refractivity (Wildman–Crippen MR) is 80.2 cm³/mol. The molecule has 0 saturated carbocycles. The number of ether oxygens (including phenoxy) is 1. The van der Waals surface area contributed by atoms with Crippen molar-refractivity contribution in [2.75, 3.05) is 13.2 Å². The summed E-state index contributed by atoms with van der Waals surface area (Å²) >= 11 is 0. The van der Waals surface area contributed by atoms with E-state index < -0.39 is 0 Å². The highest BCUT2D eigenvalue weighted by molar-refractivity contribution is 5.94. The zero-order valence-electron chi connectivity index (χ0n) is 11.8. The van der Waals surface area contributed by atoms with Crippen LogP contribution in [0.5, 0.6) is 5.75 Å². The first-order valence-corrected chi connectivity index (χ1v) is 6.67. The highest BCUT2D eigenvalue weighted by Crippen LogP contribution is 2.10. The molecule has 0 aliphatic rings. The summed E-state index contributed by atoms with van der Waals surface area (Å²) in [5, 5.41) is 11.6. The minimum Gasteiger partial charge on any atom is -0.492 e. The normalized spacial score (nSPS) is 9.71. The van der Waals surface area contributed by atoms with Gasteiger partial charge >= 0.3 is 0 Å². The summed E-state index contributed by atoms with van der Waals surface area (Å²) in [6, 6.07) is 16.3. The molecule has 2 aromatic carbocycles. The van der Waals surface area contributed by atoms with Crippen molar-refractivity contribution in [3.63, 3.8) is 0 Å². The van der Waals surface area contributed by atoms with Crippen molar-refractivity contribution in [3.05, 3.63) is 65.2 Å². The van der Waals surface area contributed by atoms with Crippen LogP contribution in [-0.4, -0.2) is 19.1 Å². The van der Waals surface area contributed by atoms with Crippen LogP contribution < -0.4 is 10.1 Å². The Morgan fingerprint density at radius 1 is 1.24 bits per heavy atom. The third-order valence-electron chi connectivity index (χ3n) is 2.93. The molecule has 2 rings (SSSR count). The lowest BCUT2D eigenvalue weighted by Gasteiger charge is -2.08. The zero-order valence-corrected chi connectivity index (χ0v) is 11.8. The Kier molecular flexibility index (Phi) is 4.94. The van der Waals surface area contributed by atoms with Crippen LogP contribution in [0.3, 0.4) is 0 Å². The number of nitrogens with zero attached hydrogens (tertiary/aromatic N) is 1. The van der Waals surface area contributed by atoms with Gasteiger partial charge in [-0.2, -0.15) is 5.26 Å². The van der Waals surface area contributed by atoms with Crippen molar-refractivity contribution >= 4 is 5.91 Å². The number of nitrogens with one attached hydrogen (secondary N) is 1. The number of carbonyl (C=O) groups excluding carboxylic acids is 1. The van der Waals surface area contributed by atoms with Crippen LogP contribution in [0.25, 0.3) is 0 Å². The predicted octanol–water partition coefficient (Wildman–Crippen LogP) is 2.68. The van der Waals surface area contributed by atoms with E-state index in [4.69, 9.17) is 10.00 Å². The monoisotopic (exact) mass is 280 g/mol. The number of amides is 1. The smallest absolute Gasteiger partial charge is 0.251 e. The van der Waals surface area contributed by atoms with E-state index in [1.54, 1.807) is 24.3 Å². The average Bonchev–Trinajstić information content (AvgIpc) is 2.53. The Bertz CT molecular complexity index is 657. The summed E-state index contributed by atoms with van der Waals surface area (Å²) in [7, 11) is 0. The first kappa shape index (κ1) is 14.6. The van der Waals surface area contributed by atoms with Gasteiger partial charge in [0.1, 0.15) is 12.4 Å². The van der Waals surface area contributed by atoms with Gasteiger partial charge < -0.3 is 10.1 Å². The number of benzene rings is 2. The fourth-order valence-electron chi connectivity index (χ4n) is 1.80. The molecule has 0 aliphatic heterocycles. The van der Waals surface area contributed by atoms with E-state index in [1.165, 1.54) is 5.56 Å². The van der Waals surface area contributed by atoms with Crippen molar-refractivity contribution in [1.29, 1.82) is 5.26 Å². The molecule has 0 radical (unpaired) electrons. The summed E-state index contributed by atoms with van der Waals surface area (Å²) in [6.45, 7) is 2.82. The maximum atomic E-state index is 11.9. The lowest BCUT2D eigenvalue weighted by Crippen LogP contribution is -2.28. The van der Waals surface area contributed by atoms with Crippen molar-refractivity contribution in [1.82, 2.24) is 5.32 Å². The SMILES string of the molecule is Cc1ccc(OCCNC(=O)c2cccc(C#N)c2)cc1. The Morgan fingerprint density at radius 2 is 2.00 bits per heavy atom. The summed E-state index contributed by atoms with van der Waals surface area (Å²) < 4.78 is 5.53. The topological polar surface area (TPSA) is 62.1 Å². The second kappa shape index (κ2) is 7.11. The highest BCUT2D eigenvalue weighted by atomic mass is 16.5. The molecule has 1 amide bonds. The van der Waals surface area contributed by atoms with E-state index in [-0.39, 0.29) is 5.91 Å². The van der Waals surface area contributed by atoms with E-state index in [9.17, 15) is 4.79 Å². The van der Waals surface area contributed by atoms with E-state index >= 15 is 0 Å². The Labute approximate surface area is 124 Å². The van der Waals surface area contributed by atoms with Gasteiger partial charge in [0.25, 0.3) is 5.91 Å². The van der Waals surface area contributed by atoms with Gasteiger partial charge in [0, 0.05) is 5.56 Å². The maximum Gasteiger partial charge on any atom is 0.251 e. The van der Waals surface area contributed by atoms with Crippen molar-refractivity contribution in [3.8, 4) is 11.8 Å². The molecule has 1 N–H and O–H groups in total. The standard InChI is InChI=1S/C17H16N2O2/c1-13-5-7-16(8-6-13)21-10-9-19-17(20)15-4-2-3-14(11-15)12-18/h2-8,11H,9-10H2,1H3,(H,19,20). The highest BCUT2D eigenvalue weighted by Gasteiger charge is 2.05. The van der Waals surface area contributed by atoms with Gasteiger partial charge in [0.15, 0.2) is 0 Å². The average molecular weight is 280 g/mol. The molecule has 0 fully saturated rings. The number of hydrogen-bond donors (Lipinski definition) is 1. The lowest BCUT2D eigenvalue weighted by molar-refractivity contribution is 0.0947. The summed E-state index contributed by atoms with van der Waals surface area (Å²) in [6.07, 6.45) is 0. The van der Waals surface area contributed by atoms with Gasteiger partial charge in [-0.25, -0.2) is 0 Å². The van der Waals surface area contributed by atoms with Gasteiger partial charge in [-0.05, 0) is 37.3 Å². The Balaban J connectivity index is 1.79. The van der Waals surface area contributed by atoms with Crippen LogP contribution >= 0.6 is 0 Å². The molecule has 0 spiro atoms. The molecule has 0 saturated heterocycles. The summed E-state index contributed by atoms with van der Waals surface area (Å²) in [4.78, 5) is 11.9. The molecule has 0 bridgehead atoms. The van der Waals surface area contributed by atoms with E-state index in [2.05, 4.69) is 5.32 Å². The molecule has 0 atom stereocenters. The fourth-order valence-corrected chi connectivity index (χ4v) is 1.80. The lowest BCUT2D eigenvalue weighted by atomic mass is 10.1. The largest absolute Gasteiger partial charge is 0.492 e. The van der Waals surface area contributed by atoms with Gasteiger partial charge in [-0.15, -0.1) is 0 Å². The molecule has 4 nitrogen and oxygen atoms in total. The molecule has 0 heterocycles. The number of hydrogen-bond acceptors (Lipinski definition) is 3. The third-order valence-corrected chi connectivity index (χ3v) is 2.93. The van der Waals surface area contributed by atoms with E-state index in [0.29, 0.717) is 24.3 Å². The maximum absolute atomic E-state index is 11.9. The van der Waals surface area contributed by atoms with Gasteiger partial charge in [0.05, 0.1) is 18.2 Å². The van der Waals surface area contributed by atoms with Crippen molar-refractivity contribution in [2.45, 2.75) is 6.92 Å². The Morgan fingerprint density at radius 3 is 2.71 bits per heavy atom. The molecule has 2 aromatic rings. The number of rotatable bonds is 5. The van der Waals surface area contributed by atoms with Gasteiger partial charge in [-0.3, -0.25) is 4.79 Å². The van der Waals surface area contributed by atoms with Crippen molar-refractivity contribution < 1.29 is 9.53 Å². The quantitative estimate of drug-likeness (QED) is 0.856. The second-order valence-corrected chi connectivity index (χ2v) is 4.61. The van der Waals surface area contributed by atoms with Crippen molar-refractivity contribution in [2.24, 2.45) is 0 Å². The first-order valence-electron chi connectivity index (χ1n) is 6.67. The molecule has 0 aliphatic carbocycles. The van der Waals surface area contributed by atoms with E-state index in [0.717, 1.165) is 5.75 Å². The first-order chi connectivity index (χ1) is 10.2. The number of nitriles is 1. The molecular formula is C17H16N2O2. The van der Waals surface area contributed by atoms with Gasteiger partial charge in [-0.1, -0.05) is 23.8 Å². The fraction of sp³-hybridized carbons (Fsp3) is 0.176. The number of aryl methyl sites for hydroxylation is 1. The van der Waals surface area contributed by atoms with Crippen LogP contribution in [0.2, 0.25) is 0 Å². The zero-order chi connectivity index (χ0) is 15.1. The molecule has 4 heteroatoms. The van der Waals surface area contributed by atoms with E-state index in [1.807, 2.05) is 37.3 Å². The minimum atomic E-state index is -0.209. The van der Waals surface area contributed by atoms with Crippen LogP contribution in [0.1, 0.15) is 21.5 Å². The molecule has 21 heavy (non-hydrogen) atoms.